The van der Waals surface area contributed by atoms with Gasteiger partial charge in [-0.15, -0.1) is 0 Å². The van der Waals surface area contributed by atoms with Gasteiger partial charge in [-0.05, 0) is 48.9 Å². The van der Waals surface area contributed by atoms with Gasteiger partial charge in [-0.2, -0.15) is 0 Å². The number of amides is 2. The van der Waals surface area contributed by atoms with Crippen LogP contribution in [-0.2, 0) is 9.53 Å². The highest BCUT2D eigenvalue weighted by atomic mass is 35.5. The van der Waals surface area contributed by atoms with Gasteiger partial charge in [0, 0.05) is 49.1 Å². The van der Waals surface area contributed by atoms with Crippen LogP contribution < -0.4 is 15.5 Å². The molecule has 174 valence electrons. The Bertz CT molecular complexity index is 1030. The molecule has 0 saturated carbocycles. The van der Waals surface area contributed by atoms with Crippen LogP contribution in [0.25, 0.3) is 0 Å². The zero-order valence-electron chi connectivity index (χ0n) is 18.3. The number of rotatable bonds is 6. The number of carbonyl (C=O) groups excluding carboxylic acids is 2. The van der Waals surface area contributed by atoms with E-state index in [1.807, 2.05) is 0 Å². The van der Waals surface area contributed by atoms with E-state index in [-0.39, 0.29) is 18.5 Å². The molecule has 1 saturated heterocycles. The second-order valence-corrected chi connectivity index (χ2v) is 8.37. The number of nitrogens with zero attached hydrogens (tertiary/aromatic N) is 2. The molecule has 9 heteroatoms. The van der Waals surface area contributed by atoms with Gasteiger partial charge >= 0.3 is 12.0 Å². The van der Waals surface area contributed by atoms with Crippen LogP contribution in [0.4, 0.5) is 14.9 Å². The molecular formula is C24H26ClFN4O3. The minimum absolute atomic E-state index is 0.229. The summed E-state index contributed by atoms with van der Waals surface area (Å²) in [5.41, 5.74) is 2.64. The van der Waals surface area contributed by atoms with Crippen LogP contribution in [0.3, 0.4) is 0 Å². The average Bonchev–Trinajstić information content (AvgIpc) is 2.80. The molecule has 33 heavy (non-hydrogen) atoms. The Kier molecular flexibility index (Phi) is 7.15. The minimum atomic E-state index is -0.634. The molecule has 1 fully saturated rings. The maximum atomic E-state index is 13.2. The smallest absolute Gasteiger partial charge is 0.338 e. The van der Waals surface area contributed by atoms with E-state index in [1.54, 1.807) is 43.3 Å². The number of esters is 1. The van der Waals surface area contributed by atoms with Crippen molar-refractivity contribution in [2.45, 2.75) is 13.0 Å². The normalized spacial score (nSPS) is 19.2. The van der Waals surface area contributed by atoms with Crippen molar-refractivity contribution in [3.05, 3.63) is 76.2 Å². The third kappa shape index (κ3) is 5.46. The van der Waals surface area contributed by atoms with Gasteiger partial charge in [-0.25, -0.2) is 14.0 Å². The van der Waals surface area contributed by atoms with Crippen molar-refractivity contribution in [2.75, 3.05) is 44.2 Å². The van der Waals surface area contributed by atoms with E-state index in [1.165, 1.54) is 12.1 Å². The summed E-state index contributed by atoms with van der Waals surface area (Å²) >= 11 is 6.02. The molecule has 7 nitrogen and oxygen atoms in total. The summed E-state index contributed by atoms with van der Waals surface area (Å²) in [5.74, 6) is -0.724. The fraction of sp³-hybridized carbons (Fsp3) is 0.333. The molecule has 2 aromatic carbocycles. The van der Waals surface area contributed by atoms with Gasteiger partial charge in [-0.3, -0.25) is 4.90 Å². The molecule has 2 N–H and O–H groups in total. The topological polar surface area (TPSA) is 73.9 Å². The number of halogens is 2. The molecule has 4 rings (SSSR count). The fourth-order valence-electron chi connectivity index (χ4n) is 4.14. The quantitative estimate of drug-likeness (QED) is 0.630. The number of urea groups is 1. The highest BCUT2D eigenvalue weighted by molar-refractivity contribution is 6.30. The maximum absolute atomic E-state index is 13.2. The van der Waals surface area contributed by atoms with E-state index in [4.69, 9.17) is 16.3 Å². The van der Waals surface area contributed by atoms with Crippen molar-refractivity contribution in [1.29, 1.82) is 0 Å². The van der Waals surface area contributed by atoms with Crippen molar-refractivity contribution >= 4 is 29.3 Å². The molecule has 0 aromatic heterocycles. The van der Waals surface area contributed by atoms with Gasteiger partial charge < -0.3 is 20.3 Å². The molecule has 0 spiro atoms. The molecule has 2 amide bonds. The summed E-state index contributed by atoms with van der Waals surface area (Å²) < 4.78 is 18.5. The van der Waals surface area contributed by atoms with Crippen LogP contribution in [0.5, 0.6) is 0 Å². The molecule has 2 aromatic rings. The number of nitrogens with one attached hydrogen (secondary N) is 2. The Morgan fingerprint density at radius 2 is 1.76 bits per heavy atom. The molecule has 0 aliphatic carbocycles. The van der Waals surface area contributed by atoms with Gasteiger partial charge in [0.2, 0.25) is 0 Å². The summed E-state index contributed by atoms with van der Waals surface area (Å²) in [4.78, 5) is 29.7. The predicted octanol–water partition coefficient (Wildman–Crippen LogP) is 3.47. The van der Waals surface area contributed by atoms with Gasteiger partial charge in [-0.1, -0.05) is 23.7 Å². The van der Waals surface area contributed by atoms with E-state index in [0.29, 0.717) is 22.8 Å². The second-order valence-electron chi connectivity index (χ2n) is 7.94. The van der Waals surface area contributed by atoms with Gasteiger partial charge in [0.15, 0.2) is 0 Å². The highest BCUT2D eigenvalue weighted by Crippen LogP contribution is 2.29. The Hall–Kier alpha value is -3.10. The van der Waals surface area contributed by atoms with Crippen LogP contribution in [0, 0.1) is 5.82 Å². The maximum Gasteiger partial charge on any atom is 0.338 e. The lowest BCUT2D eigenvalue weighted by Gasteiger charge is -2.38. The second kappa shape index (κ2) is 10.2. The molecule has 0 radical (unpaired) electrons. The highest BCUT2D eigenvalue weighted by Gasteiger charge is 2.34. The molecule has 0 bridgehead atoms. The summed E-state index contributed by atoms with van der Waals surface area (Å²) in [6.07, 6.45) is 0. The average molecular weight is 473 g/mol. The molecule has 1 atom stereocenters. The summed E-state index contributed by atoms with van der Waals surface area (Å²) in [5, 5.41) is 6.22. The number of carbonyl (C=O) groups is 2. The minimum Gasteiger partial charge on any atom is -0.463 e. The lowest BCUT2D eigenvalue weighted by molar-refractivity contribution is -0.139. The number of anilines is 1. The standard InChI is InChI=1S/C24H26ClFN4O3/c1-2-33-23(31)21-20(27-24(32)28-22(21)16-3-5-17(25)6-4-16)15-29-11-13-30(14-12-29)19-9-7-18(26)8-10-19/h3-10,22H,2,11-15H2,1H3,(H2,27,28,32). The van der Waals surface area contributed by atoms with E-state index in [9.17, 15) is 14.0 Å². The summed E-state index contributed by atoms with van der Waals surface area (Å²) in [6, 6.07) is 12.5. The SMILES string of the molecule is CCOC(=O)C1=C(CN2CCN(c3ccc(F)cc3)CC2)NC(=O)NC1c1ccc(Cl)cc1. The zero-order valence-corrected chi connectivity index (χ0v) is 19.1. The third-order valence-electron chi connectivity index (χ3n) is 5.80. The largest absolute Gasteiger partial charge is 0.463 e. The number of benzene rings is 2. The van der Waals surface area contributed by atoms with Crippen LogP contribution >= 0.6 is 11.6 Å². The van der Waals surface area contributed by atoms with Gasteiger partial charge in [0.25, 0.3) is 0 Å². The first-order valence-corrected chi connectivity index (χ1v) is 11.3. The lowest BCUT2D eigenvalue weighted by atomic mass is 9.95. The third-order valence-corrected chi connectivity index (χ3v) is 6.05. The Morgan fingerprint density at radius 1 is 1.09 bits per heavy atom. The van der Waals surface area contributed by atoms with Crippen molar-refractivity contribution < 1.29 is 18.7 Å². The number of hydrogen-bond acceptors (Lipinski definition) is 5. The first-order chi connectivity index (χ1) is 15.9. The van der Waals surface area contributed by atoms with Crippen molar-refractivity contribution in [1.82, 2.24) is 15.5 Å². The van der Waals surface area contributed by atoms with E-state index >= 15 is 0 Å². The van der Waals surface area contributed by atoms with Crippen molar-refractivity contribution in [2.24, 2.45) is 0 Å². The predicted molar refractivity (Wildman–Crippen MR) is 125 cm³/mol. The van der Waals surface area contributed by atoms with Crippen LogP contribution in [0.1, 0.15) is 18.5 Å². The van der Waals surface area contributed by atoms with Gasteiger partial charge in [0.05, 0.1) is 18.2 Å². The van der Waals surface area contributed by atoms with E-state index in [2.05, 4.69) is 20.4 Å². The van der Waals surface area contributed by atoms with Gasteiger partial charge in [0.1, 0.15) is 5.82 Å². The Morgan fingerprint density at radius 3 is 2.39 bits per heavy atom. The van der Waals surface area contributed by atoms with Crippen LogP contribution in [-0.4, -0.2) is 56.2 Å². The number of hydrogen-bond donors (Lipinski definition) is 2. The van der Waals surface area contributed by atoms with Crippen LogP contribution in [0.15, 0.2) is 59.8 Å². The molecular weight excluding hydrogens is 447 g/mol. The molecule has 1 unspecified atom stereocenters. The fourth-order valence-corrected chi connectivity index (χ4v) is 4.26. The molecule has 2 aliphatic heterocycles. The first kappa shape index (κ1) is 23.1. The Labute approximate surface area is 197 Å². The van der Waals surface area contributed by atoms with Crippen molar-refractivity contribution in [3.8, 4) is 0 Å². The monoisotopic (exact) mass is 472 g/mol. The number of ether oxygens (including phenoxy) is 1. The van der Waals surface area contributed by atoms with Crippen LogP contribution in [0.2, 0.25) is 5.02 Å². The van der Waals surface area contributed by atoms with E-state index in [0.717, 1.165) is 37.4 Å². The summed E-state index contributed by atoms with van der Waals surface area (Å²) in [6.45, 7) is 5.34. The molecule has 2 heterocycles. The number of piperazine rings is 1. The first-order valence-electron chi connectivity index (χ1n) is 10.9. The van der Waals surface area contributed by atoms with Crippen molar-refractivity contribution in [3.63, 3.8) is 0 Å². The summed E-state index contributed by atoms with van der Waals surface area (Å²) in [7, 11) is 0. The molecule has 2 aliphatic rings. The van der Waals surface area contributed by atoms with E-state index < -0.39 is 12.0 Å². The Balaban J connectivity index is 1.54. The lowest BCUT2D eigenvalue weighted by Crippen LogP contribution is -2.51. The zero-order chi connectivity index (χ0) is 23.4.